The summed E-state index contributed by atoms with van der Waals surface area (Å²) >= 11 is 0. The Kier molecular flexibility index (Phi) is 4.09. The van der Waals surface area contributed by atoms with Gasteiger partial charge in [0.15, 0.2) is 0 Å². The predicted molar refractivity (Wildman–Crippen MR) is 87.4 cm³/mol. The van der Waals surface area contributed by atoms with Gasteiger partial charge in [0.05, 0.1) is 6.10 Å². The molecule has 21 heavy (non-hydrogen) atoms. The van der Waals surface area contributed by atoms with E-state index in [1.807, 2.05) is 6.92 Å². The molecular weight excluding hydrogens is 258 g/mol. The zero-order valence-corrected chi connectivity index (χ0v) is 12.8. The highest BCUT2D eigenvalue weighted by Crippen LogP contribution is 2.37. The molecule has 2 atom stereocenters. The largest absolute Gasteiger partial charge is 0.393 e. The van der Waals surface area contributed by atoms with Gasteiger partial charge >= 0.3 is 0 Å². The molecule has 0 fully saturated rings. The molecule has 0 saturated heterocycles. The van der Waals surface area contributed by atoms with Crippen LogP contribution in [0.1, 0.15) is 43.0 Å². The highest BCUT2D eigenvalue weighted by atomic mass is 16.3. The Balaban J connectivity index is 1.74. The molecule has 2 aromatic carbocycles. The van der Waals surface area contributed by atoms with E-state index < -0.39 is 0 Å². The first-order valence-electron chi connectivity index (χ1n) is 7.77. The smallest absolute Gasteiger partial charge is 0.0524 e. The average molecular weight is 281 g/mol. The summed E-state index contributed by atoms with van der Waals surface area (Å²) in [6, 6.07) is 15.8. The second-order valence-electron chi connectivity index (χ2n) is 6.06. The van der Waals surface area contributed by atoms with Gasteiger partial charge in [0, 0.05) is 6.04 Å². The minimum Gasteiger partial charge on any atom is -0.393 e. The molecule has 1 aliphatic carbocycles. The minimum absolute atomic E-state index is 0.237. The van der Waals surface area contributed by atoms with E-state index in [2.05, 4.69) is 54.7 Å². The van der Waals surface area contributed by atoms with E-state index in [4.69, 9.17) is 0 Å². The van der Waals surface area contributed by atoms with Crippen LogP contribution in [-0.2, 0) is 6.42 Å². The van der Waals surface area contributed by atoms with Gasteiger partial charge < -0.3 is 10.4 Å². The van der Waals surface area contributed by atoms with Crippen LogP contribution in [0.2, 0.25) is 0 Å². The van der Waals surface area contributed by atoms with Crippen LogP contribution >= 0.6 is 0 Å². The Bertz CT molecular complexity index is 633. The fourth-order valence-corrected chi connectivity index (χ4v) is 3.06. The van der Waals surface area contributed by atoms with Crippen molar-refractivity contribution in [1.82, 2.24) is 5.32 Å². The molecule has 0 amide bonds. The number of fused-ring (bicyclic) bond motifs is 3. The van der Waals surface area contributed by atoms with Crippen molar-refractivity contribution in [2.24, 2.45) is 0 Å². The minimum atomic E-state index is -0.237. The number of rotatable bonds is 5. The number of benzene rings is 2. The molecule has 110 valence electrons. The fraction of sp³-hybridized carbons (Fsp3) is 0.368. The van der Waals surface area contributed by atoms with Crippen LogP contribution in [-0.4, -0.2) is 17.8 Å². The highest BCUT2D eigenvalue weighted by Gasteiger charge is 2.18. The van der Waals surface area contributed by atoms with E-state index in [-0.39, 0.29) is 6.10 Å². The Morgan fingerprint density at radius 1 is 1.05 bits per heavy atom. The van der Waals surface area contributed by atoms with Crippen molar-refractivity contribution in [3.63, 3.8) is 0 Å². The predicted octanol–water partition coefficient (Wildman–Crippen LogP) is 3.68. The van der Waals surface area contributed by atoms with E-state index in [9.17, 15) is 5.11 Å². The van der Waals surface area contributed by atoms with Gasteiger partial charge in [-0.2, -0.15) is 0 Å². The van der Waals surface area contributed by atoms with Crippen LogP contribution in [0, 0.1) is 0 Å². The Labute approximate surface area is 126 Å². The molecule has 0 aliphatic heterocycles. The van der Waals surface area contributed by atoms with Gasteiger partial charge in [-0.1, -0.05) is 42.5 Å². The molecule has 3 rings (SSSR count). The van der Waals surface area contributed by atoms with Crippen molar-refractivity contribution in [3.05, 3.63) is 59.2 Å². The quantitative estimate of drug-likeness (QED) is 0.747. The van der Waals surface area contributed by atoms with Gasteiger partial charge in [0.1, 0.15) is 0 Å². The second kappa shape index (κ2) is 6.00. The lowest BCUT2D eigenvalue weighted by molar-refractivity contribution is 0.182. The normalized spacial score (nSPS) is 15.4. The van der Waals surface area contributed by atoms with Crippen molar-refractivity contribution < 1.29 is 5.11 Å². The zero-order valence-electron chi connectivity index (χ0n) is 12.8. The van der Waals surface area contributed by atoms with Gasteiger partial charge in [-0.05, 0) is 61.1 Å². The summed E-state index contributed by atoms with van der Waals surface area (Å²) in [7, 11) is 0. The van der Waals surface area contributed by atoms with Crippen LogP contribution in [0.25, 0.3) is 11.1 Å². The van der Waals surface area contributed by atoms with Crippen molar-refractivity contribution >= 4 is 0 Å². The Hall–Kier alpha value is -1.64. The summed E-state index contributed by atoms with van der Waals surface area (Å²) in [5, 5.41) is 12.8. The summed E-state index contributed by atoms with van der Waals surface area (Å²) in [4.78, 5) is 0. The zero-order chi connectivity index (χ0) is 14.8. The molecule has 2 N–H and O–H groups in total. The van der Waals surface area contributed by atoms with Crippen molar-refractivity contribution in [1.29, 1.82) is 0 Å². The molecule has 2 nitrogen and oxygen atoms in total. The molecule has 0 heterocycles. The molecule has 0 aromatic heterocycles. The number of nitrogens with one attached hydrogen (secondary N) is 1. The maximum Gasteiger partial charge on any atom is 0.0524 e. The molecule has 0 radical (unpaired) electrons. The van der Waals surface area contributed by atoms with Gasteiger partial charge in [-0.25, -0.2) is 0 Å². The number of aliphatic hydroxyl groups is 1. The molecule has 1 aliphatic rings. The average Bonchev–Trinajstić information content (AvgIpc) is 2.84. The first-order chi connectivity index (χ1) is 10.1. The Morgan fingerprint density at radius 2 is 1.81 bits per heavy atom. The summed E-state index contributed by atoms with van der Waals surface area (Å²) in [6.07, 6.45) is 1.60. The molecule has 0 saturated carbocycles. The second-order valence-corrected chi connectivity index (χ2v) is 6.06. The van der Waals surface area contributed by atoms with Crippen LogP contribution in [0.5, 0.6) is 0 Å². The third-order valence-electron chi connectivity index (χ3n) is 4.33. The van der Waals surface area contributed by atoms with Gasteiger partial charge in [-0.3, -0.25) is 0 Å². The van der Waals surface area contributed by atoms with Gasteiger partial charge in [0.25, 0.3) is 0 Å². The standard InChI is InChI=1S/C19H23NO/c1-13(21)9-10-20-14(2)15-7-8-19-17(11-15)12-16-5-3-4-6-18(16)19/h3-8,11,13-14,20-21H,9-10,12H2,1-2H3. The van der Waals surface area contributed by atoms with Crippen LogP contribution in [0.3, 0.4) is 0 Å². The molecule has 2 heteroatoms. The third-order valence-corrected chi connectivity index (χ3v) is 4.33. The van der Waals surface area contributed by atoms with Gasteiger partial charge in [0.2, 0.25) is 0 Å². The SMILES string of the molecule is CC(O)CCNC(C)c1ccc2c(c1)Cc1ccccc1-2. The summed E-state index contributed by atoms with van der Waals surface area (Å²) in [5.74, 6) is 0. The summed E-state index contributed by atoms with van der Waals surface area (Å²) in [6.45, 7) is 4.86. The third kappa shape index (κ3) is 3.02. The van der Waals surface area contributed by atoms with E-state index in [0.29, 0.717) is 6.04 Å². The summed E-state index contributed by atoms with van der Waals surface area (Å²) < 4.78 is 0. The number of hydrogen-bond acceptors (Lipinski definition) is 2. The number of hydrogen-bond donors (Lipinski definition) is 2. The number of aliphatic hydroxyl groups excluding tert-OH is 1. The molecule has 0 bridgehead atoms. The van der Waals surface area contributed by atoms with E-state index in [0.717, 1.165) is 19.4 Å². The lowest BCUT2D eigenvalue weighted by atomic mass is 10.00. The first-order valence-corrected chi connectivity index (χ1v) is 7.77. The van der Waals surface area contributed by atoms with Crippen LogP contribution in [0.4, 0.5) is 0 Å². The fourth-order valence-electron chi connectivity index (χ4n) is 3.06. The molecule has 0 spiro atoms. The van der Waals surface area contributed by atoms with E-state index >= 15 is 0 Å². The maximum absolute atomic E-state index is 9.32. The van der Waals surface area contributed by atoms with Gasteiger partial charge in [-0.15, -0.1) is 0 Å². The lowest BCUT2D eigenvalue weighted by Gasteiger charge is -2.16. The summed E-state index contributed by atoms with van der Waals surface area (Å²) in [5.41, 5.74) is 6.95. The highest BCUT2D eigenvalue weighted by molar-refractivity contribution is 5.76. The lowest BCUT2D eigenvalue weighted by Crippen LogP contribution is -2.22. The monoisotopic (exact) mass is 281 g/mol. The maximum atomic E-state index is 9.32. The van der Waals surface area contributed by atoms with E-state index in [1.54, 1.807) is 0 Å². The molecule has 2 aromatic rings. The topological polar surface area (TPSA) is 32.3 Å². The first kappa shape index (κ1) is 14.3. The van der Waals surface area contributed by atoms with Crippen LogP contribution < -0.4 is 5.32 Å². The van der Waals surface area contributed by atoms with Crippen LogP contribution in [0.15, 0.2) is 42.5 Å². The van der Waals surface area contributed by atoms with Crippen molar-refractivity contribution in [2.45, 2.75) is 38.8 Å². The van der Waals surface area contributed by atoms with E-state index in [1.165, 1.54) is 27.8 Å². The molecular formula is C19H23NO. The Morgan fingerprint density at radius 3 is 2.62 bits per heavy atom. The van der Waals surface area contributed by atoms with Crippen molar-refractivity contribution in [2.75, 3.05) is 6.54 Å². The van der Waals surface area contributed by atoms with Crippen molar-refractivity contribution in [3.8, 4) is 11.1 Å². The molecule has 2 unspecified atom stereocenters.